The van der Waals surface area contributed by atoms with Crippen LogP contribution in [0.3, 0.4) is 0 Å². The minimum absolute atomic E-state index is 0.0497. The molecule has 1 atom stereocenters. The molecule has 0 unspecified atom stereocenters. The number of carbonyl (C=O) groups excluding carboxylic acids is 1. The number of nitrogens with zero attached hydrogens (tertiary/aromatic N) is 7. The van der Waals surface area contributed by atoms with Gasteiger partial charge in [-0.05, 0) is 58.7 Å². The molecule has 9 nitrogen and oxygen atoms in total. The number of amides is 1. The Bertz CT molecular complexity index is 1330. The summed E-state index contributed by atoms with van der Waals surface area (Å²) in [7, 11) is 2.13. The summed E-state index contributed by atoms with van der Waals surface area (Å²) in [5.74, 6) is 0.869. The molecule has 5 rings (SSSR count). The van der Waals surface area contributed by atoms with Gasteiger partial charge in [0.1, 0.15) is 17.7 Å². The van der Waals surface area contributed by atoms with Gasteiger partial charge in [0.05, 0.1) is 22.7 Å². The minimum atomic E-state index is -0.523. The van der Waals surface area contributed by atoms with Crippen molar-refractivity contribution >= 4 is 28.6 Å². The molecule has 36 heavy (non-hydrogen) atoms. The van der Waals surface area contributed by atoms with Gasteiger partial charge in [-0.1, -0.05) is 6.07 Å². The van der Waals surface area contributed by atoms with Crippen molar-refractivity contribution in [1.29, 1.82) is 5.26 Å². The van der Waals surface area contributed by atoms with E-state index < -0.39 is 5.60 Å². The van der Waals surface area contributed by atoms with E-state index in [0.717, 1.165) is 28.2 Å². The van der Waals surface area contributed by atoms with E-state index in [9.17, 15) is 10.1 Å². The summed E-state index contributed by atoms with van der Waals surface area (Å²) < 4.78 is 7.65. The molecule has 1 aliphatic carbocycles. The van der Waals surface area contributed by atoms with E-state index in [1.807, 2.05) is 39.0 Å². The highest BCUT2D eigenvalue weighted by Gasteiger charge is 2.34. The number of hydrogen-bond donors (Lipinski definition) is 0. The number of benzene rings is 1. The van der Waals surface area contributed by atoms with Crippen molar-refractivity contribution in [3.63, 3.8) is 0 Å². The normalized spacial score (nSPS) is 18.3. The van der Waals surface area contributed by atoms with Crippen LogP contribution in [0.4, 0.5) is 16.3 Å². The van der Waals surface area contributed by atoms with Crippen LogP contribution in [0.5, 0.6) is 0 Å². The molecule has 1 saturated heterocycles. The van der Waals surface area contributed by atoms with E-state index in [1.54, 1.807) is 17.3 Å². The van der Waals surface area contributed by atoms with Crippen molar-refractivity contribution in [1.82, 2.24) is 19.4 Å². The summed E-state index contributed by atoms with van der Waals surface area (Å²) in [4.78, 5) is 28.5. The first kappa shape index (κ1) is 23.9. The number of nitriles is 1. The monoisotopic (exact) mass is 487 g/mol. The smallest absolute Gasteiger partial charge is 0.410 e. The topological polar surface area (TPSA) is 90.5 Å². The van der Waals surface area contributed by atoms with Crippen molar-refractivity contribution in [2.75, 3.05) is 36.5 Å². The molecule has 0 bridgehead atoms. The first-order valence-corrected chi connectivity index (χ1v) is 12.5. The fourth-order valence-corrected chi connectivity index (χ4v) is 4.86. The number of aromatic nitrogens is 3. The van der Waals surface area contributed by atoms with Gasteiger partial charge in [-0.3, -0.25) is 4.57 Å². The van der Waals surface area contributed by atoms with Crippen LogP contribution in [0.15, 0.2) is 36.8 Å². The molecular formula is C27H33N7O2. The van der Waals surface area contributed by atoms with Crippen LogP contribution >= 0.6 is 0 Å². The SMILES string of the molecule is C[C@H]1CN(C(=O)OC(C)(C)C)CCN1c1ncnc2c1c(N(C)C1CC1)cn2-c1cccc(C#N)c1. The molecule has 2 aromatic heterocycles. The highest BCUT2D eigenvalue weighted by Crippen LogP contribution is 2.40. The lowest BCUT2D eigenvalue weighted by Crippen LogP contribution is -2.54. The van der Waals surface area contributed by atoms with Gasteiger partial charge in [0, 0.05) is 50.6 Å². The summed E-state index contributed by atoms with van der Waals surface area (Å²) in [5.41, 5.74) is 2.85. The van der Waals surface area contributed by atoms with Gasteiger partial charge < -0.3 is 19.4 Å². The van der Waals surface area contributed by atoms with Gasteiger partial charge >= 0.3 is 6.09 Å². The van der Waals surface area contributed by atoms with Crippen LogP contribution in [0, 0.1) is 11.3 Å². The molecule has 3 aromatic rings. The Morgan fingerprint density at radius 1 is 1.22 bits per heavy atom. The lowest BCUT2D eigenvalue weighted by atomic mass is 10.1. The van der Waals surface area contributed by atoms with Crippen LogP contribution in [0.2, 0.25) is 0 Å². The molecular weight excluding hydrogens is 454 g/mol. The first-order chi connectivity index (χ1) is 17.2. The minimum Gasteiger partial charge on any atom is -0.444 e. The molecule has 2 aliphatic rings. The summed E-state index contributed by atoms with van der Waals surface area (Å²) >= 11 is 0. The van der Waals surface area contributed by atoms with Gasteiger partial charge in [0.25, 0.3) is 0 Å². The summed E-state index contributed by atoms with van der Waals surface area (Å²) in [5, 5.41) is 10.4. The molecule has 3 heterocycles. The maximum Gasteiger partial charge on any atom is 0.410 e. The average molecular weight is 488 g/mol. The summed E-state index contributed by atoms with van der Waals surface area (Å²) in [6.45, 7) is 9.53. The van der Waals surface area contributed by atoms with E-state index in [2.05, 4.69) is 40.6 Å². The molecule has 0 spiro atoms. The first-order valence-electron chi connectivity index (χ1n) is 12.5. The van der Waals surface area contributed by atoms with Crippen molar-refractivity contribution in [3.8, 4) is 11.8 Å². The predicted octanol–water partition coefficient (Wildman–Crippen LogP) is 4.34. The number of fused-ring (bicyclic) bond motifs is 1. The van der Waals surface area contributed by atoms with E-state index in [1.165, 1.54) is 12.8 Å². The predicted molar refractivity (Wildman–Crippen MR) is 140 cm³/mol. The van der Waals surface area contributed by atoms with Gasteiger partial charge in [0.15, 0.2) is 5.65 Å². The molecule has 1 aromatic carbocycles. The Morgan fingerprint density at radius 3 is 2.67 bits per heavy atom. The Hall–Kier alpha value is -3.80. The highest BCUT2D eigenvalue weighted by molar-refractivity contribution is 6.01. The summed E-state index contributed by atoms with van der Waals surface area (Å²) in [6.07, 6.45) is 5.77. The highest BCUT2D eigenvalue weighted by atomic mass is 16.6. The second-order valence-corrected chi connectivity index (χ2v) is 10.8. The Labute approximate surface area is 211 Å². The van der Waals surface area contributed by atoms with Gasteiger partial charge in [0.2, 0.25) is 0 Å². The lowest BCUT2D eigenvalue weighted by molar-refractivity contribution is 0.0218. The lowest BCUT2D eigenvalue weighted by Gasteiger charge is -2.41. The third-order valence-corrected chi connectivity index (χ3v) is 6.82. The van der Waals surface area contributed by atoms with Gasteiger partial charge in [-0.25, -0.2) is 14.8 Å². The fourth-order valence-electron chi connectivity index (χ4n) is 4.86. The van der Waals surface area contributed by atoms with Crippen LogP contribution < -0.4 is 9.80 Å². The number of hydrogen-bond acceptors (Lipinski definition) is 7. The number of anilines is 2. The van der Waals surface area contributed by atoms with Crippen LogP contribution in [-0.2, 0) is 4.74 Å². The Morgan fingerprint density at radius 2 is 2.00 bits per heavy atom. The Kier molecular flexibility index (Phi) is 5.99. The number of piperazine rings is 1. The van der Waals surface area contributed by atoms with E-state index in [-0.39, 0.29) is 12.1 Å². The second-order valence-electron chi connectivity index (χ2n) is 10.8. The zero-order valence-corrected chi connectivity index (χ0v) is 21.6. The van der Waals surface area contributed by atoms with Crippen LogP contribution in [0.25, 0.3) is 16.7 Å². The van der Waals surface area contributed by atoms with E-state index in [4.69, 9.17) is 14.7 Å². The number of rotatable bonds is 4. The van der Waals surface area contributed by atoms with Crippen LogP contribution in [0.1, 0.15) is 46.1 Å². The molecule has 188 valence electrons. The maximum absolute atomic E-state index is 12.7. The molecule has 1 saturated carbocycles. The Balaban J connectivity index is 1.54. The fraction of sp³-hybridized carbons (Fsp3) is 0.481. The average Bonchev–Trinajstić information content (AvgIpc) is 3.62. The zero-order chi connectivity index (χ0) is 25.6. The molecule has 9 heteroatoms. The third-order valence-electron chi connectivity index (χ3n) is 6.82. The molecule has 1 amide bonds. The number of carbonyl (C=O) groups is 1. The van der Waals surface area contributed by atoms with E-state index >= 15 is 0 Å². The molecule has 0 N–H and O–H groups in total. The second kappa shape index (κ2) is 9.01. The van der Waals surface area contributed by atoms with Crippen LogP contribution in [-0.4, -0.2) is 69.9 Å². The van der Waals surface area contributed by atoms with Crippen molar-refractivity contribution in [2.45, 2.75) is 58.2 Å². The van der Waals surface area contributed by atoms with Crippen molar-refractivity contribution in [2.24, 2.45) is 0 Å². The van der Waals surface area contributed by atoms with Gasteiger partial charge in [-0.2, -0.15) is 5.26 Å². The quantitative estimate of drug-likeness (QED) is 0.541. The van der Waals surface area contributed by atoms with Crippen molar-refractivity contribution < 1.29 is 9.53 Å². The molecule has 2 fully saturated rings. The number of ether oxygens (including phenoxy) is 1. The maximum atomic E-state index is 12.7. The van der Waals surface area contributed by atoms with E-state index in [0.29, 0.717) is 31.2 Å². The summed E-state index contributed by atoms with van der Waals surface area (Å²) in [6, 6.07) is 10.4. The standard InChI is InChI=1S/C27H33N7O2/c1-18-15-32(26(35)36-27(2,3)4)11-12-33(18)24-23-22(31(5)20-9-10-20)16-34(25(23)30-17-29-24)21-8-6-7-19(13-21)14-28/h6-8,13,16-18,20H,9-12,15H2,1-5H3/t18-/m0/s1. The molecule has 0 radical (unpaired) electrons. The van der Waals surface area contributed by atoms with Gasteiger partial charge in [-0.15, -0.1) is 0 Å². The third kappa shape index (κ3) is 4.55. The largest absolute Gasteiger partial charge is 0.444 e. The molecule has 1 aliphatic heterocycles. The van der Waals surface area contributed by atoms with Crippen molar-refractivity contribution in [3.05, 3.63) is 42.4 Å². The zero-order valence-electron chi connectivity index (χ0n) is 21.6.